The molecule has 0 saturated heterocycles. The molecule has 6 nitrogen and oxygen atoms in total. The molecular formula is C14H15N3O3S. The van der Waals surface area contributed by atoms with Gasteiger partial charge in [0.05, 0.1) is 28.5 Å². The number of rotatable bonds is 5. The number of nitrogens with one attached hydrogen (secondary N) is 1. The number of carbonyl (C=O) groups excluding carboxylic acids is 1. The number of carbonyl (C=O) groups is 2. The first-order valence-electron chi connectivity index (χ1n) is 6.43. The molecule has 0 aliphatic carbocycles. The lowest BCUT2D eigenvalue weighted by molar-refractivity contribution is 0.0694. The van der Waals surface area contributed by atoms with Crippen molar-refractivity contribution < 1.29 is 14.7 Å². The Morgan fingerprint density at radius 1 is 1.33 bits per heavy atom. The number of nitrogens with zero attached hydrogens (tertiary/aromatic N) is 2. The fraction of sp³-hybridized carbons (Fsp3) is 0.286. The average Bonchev–Trinajstić information content (AvgIpc) is 2.92. The molecule has 0 aromatic carbocycles. The van der Waals surface area contributed by atoms with Gasteiger partial charge in [-0.3, -0.25) is 4.79 Å². The summed E-state index contributed by atoms with van der Waals surface area (Å²) >= 11 is 1.56. The van der Waals surface area contributed by atoms with E-state index < -0.39 is 5.97 Å². The maximum atomic E-state index is 12.0. The Morgan fingerprint density at radius 2 is 2.10 bits per heavy atom. The van der Waals surface area contributed by atoms with Crippen LogP contribution < -0.4 is 5.32 Å². The third kappa shape index (κ3) is 3.63. The quantitative estimate of drug-likeness (QED) is 0.882. The monoisotopic (exact) mass is 305 g/mol. The normalized spacial score (nSPS) is 10.4. The molecule has 0 aliphatic heterocycles. The highest BCUT2D eigenvalue weighted by molar-refractivity contribution is 7.09. The predicted octanol–water partition coefficient (Wildman–Crippen LogP) is 2.04. The van der Waals surface area contributed by atoms with Crippen LogP contribution in [0.5, 0.6) is 0 Å². The van der Waals surface area contributed by atoms with Gasteiger partial charge in [-0.15, -0.1) is 11.3 Å². The number of aromatic nitrogens is 2. The highest BCUT2D eigenvalue weighted by Crippen LogP contribution is 2.10. The lowest BCUT2D eigenvalue weighted by Gasteiger charge is -2.05. The predicted molar refractivity (Wildman–Crippen MR) is 78.6 cm³/mol. The number of hydrogen-bond acceptors (Lipinski definition) is 5. The van der Waals surface area contributed by atoms with E-state index >= 15 is 0 Å². The van der Waals surface area contributed by atoms with E-state index in [0.717, 1.165) is 17.1 Å². The van der Waals surface area contributed by atoms with Gasteiger partial charge in [0.2, 0.25) is 0 Å². The molecule has 0 atom stereocenters. The van der Waals surface area contributed by atoms with E-state index in [0.29, 0.717) is 12.2 Å². The Morgan fingerprint density at radius 3 is 2.67 bits per heavy atom. The summed E-state index contributed by atoms with van der Waals surface area (Å²) in [5.74, 6) is -1.40. The van der Waals surface area contributed by atoms with Crippen molar-refractivity contribution in [1.29, 1.82) is 0 Å². The van der Waals surface area contributed by atoms with Crippen molar-refractivity contribution in [2.45, 2.75) is 26.8 Å². The Bertz CT molecular complexity index is 682. The molecule has 0 spiro atoms. The van der Waals surface area contributed by atoms with Crippen LogP contribution in [0.3, 0.4) is 0 Å². The van der Waals surface area contributed by atoms with Crippen molar-refractivity contribution in [3.05, 3.63) is 45.2 Å². The van der Waals surface area contributed by atoms with E-state index in [2.05, 4.69) is 15.3 Å². The van der Waals surface area contributed by atoms with Gasteiger partial charge in [-0.2, -0.15) is 0 Å². The molecule has 2 aromatic heterocycles. The number of carboxylic acid groups (broad SMARTS) is 1. The Balaban J connectivity index is 2.03. The highest BCUT2D eigenvalue weighted by Gasteiger charge is 2.13. The molecule has 21 heavy (non-hydrogen) atoms. The second-order valence-electron chi connectivity index (χ2n) is 4.40. The van der Waals surface area contributed by atoms with Crippen molar-refractivity contribution in [2.24, 2.45) is 0 Å². The number of carboxylic acids is 1. The van der Waals surface area contributed by atoms with Crippen LogP contribution in [0, 0.1) is 6.92 Å². The minimum atomic E-state index is -1.05. The molecule has 0 radical (unpaired) electrons. The van der Waals surface area contributed by atoms with Gasteiger partial charge in [0.1, 0.15) is 5.69 Å². The summed E-state index contributed by atoms with van der Waals surface area (Å²) in [5.41, 5.74) is 1.42. The molecular weight excluding hydrogens is 290 g/mol. The van der Waals surface area contributed by atoms with Gasteiger partial charge < -0.3 is 10.4 Å². The fourth-order valence-corrected chi connectivity index (χ4v) is 2.51. The molecule has 1 amide bonds. The second-order valence-corrected chi connectivity index (χ2v) is 5.35. The standard InChI is InChI=1S/C14H15N3O3S/c1-3-12-17-9(7-21-12)6-15-13(18)11-5-4-10(14(19)20)8(2)16-11/h4-5,7H,3,6H2,1-2H3,(H,15,18)(H,19,20). The van der Waals surface area contributed by atoms with Gasteiger partial charge in [-0.1, -0.05) is 6.92 Å². The van der Waals surface area contributed by atoms with Crippen LogP contribution in [-0.4, -0.2) is 27.0 Å². The number of hydrogen-bond donors (Lipinski definition) is 2. The zero-order valence-electron chi connectivity index (χ0n) is 11.7. The van der Waals surface area contributed by atoms with Gasteiger partial charge in [0.25, 0.3) is 5.91 Å². The molecule has 7 heteroatoms. The van der Waals surface area contributed by atoms with Crippen molar-refractivity contribution in [3.63, 3.8) is 0 Å². The summed E-state index contributed by atoms with van der Waals surface area (Å²) in [6, 6.07) is 2.79. The van der Waals surface area contributed by atoms with Gasteiger partial charge in [0, 0.05) is 5.38 Å². The summed E-state index contributed by atoms with van der Waals surface area (Å²) in [7, 11) is 0. The molecule has 0 aliphatic rings. The largest absolute Gasteiger partial charge is 0.478 e. The summed E-state index contributed by atoms with van der Waals surface area (Å²) < 4.78 is 0. The van der Waals surface area contributed by atoms with Gasteiger partial charge in [-0.25, -0.2) is 14.8 Å². The van der Waals surface area contributed by atoms with Crippen LogP contribution in [0.2, 0.25) is 0 Å². The lowest BCUT2D eigenvalue weighted by Crippen LogP contribution is -2.24. The van der Waals surface area contributed by atoms with Crippen LogP contribution in [0.25, 0.3) is 0 Å². The molecule has 0 fully saturated rings. The highest BCUT2D eigenvalue weighted by atomic mass is 32.1. The molecule has 2 aromatic rings. The van der Waals surface area contributed by atoms with Crippen molar-refractivity contribution in [2.75, 3.05) is 0 Å². The number of pyridine rings is 1. The number of aromatic carboxylic acids is 1. The number of aryl methyl sites for hydroxylation is 2. The zero-order chi connectivity index (χ0) is 15.4. The van der Waals surface area contributed by atoms with Crippen molar-refractivity contribution in [1.82, 2.24) is 15.3 Å². The van der Waals surface area contributed by atoms with E-state index in [-0.39, 0.29) is 17.2 Å². The second kappa shape index (κ2) is 6.45. The van der Waals surface area contributed by atoms with Crippen LogP contribution in [0.1, 0.15) is 44.2 Å². The van der Waals surface area contributed by atoms with Crippen LogP contribution >= 0.6 is 11.3 Å². The molecule has 2 heterocycles. The van der Waals surface area contributed by atoms with Crippen molar-refractivity contribution in [3.8, 4) is 0 Å². The summed E-state index contributed by atoms with van der Waals surface area (Å²) in [5, 5.41) is 14.6. The van der Waals surface area contributed by atoms with Gasteiger partial charge in [0.15, 0.2) is 0 Å². The summed E-state index contributed by atoms with van der Waals surface area (Å²) in [6.45, 7) is 3.92. The first-order chi connectivity index (χ1) is 10.0. The number of thiazole rings is 1. The fourth-order valence-electron chi connectivity index (χ4n) is 1.77. The third-order valence-electron chi connectivity index (χ3n) is 2.88. The van der Waals surface area contributed by atoms with E-state index in [4.69, 9.17) is 5.11 Å². The lowest BCUT2D eigenvalue weighted by atomic mass is 10.2. The SMILES string of the molecule is CCc1nc(CNC(=O)c2ccc(C(=O)O)c(C)n2)cs1. The molecule has 0 bridgehead atoms. The maximum Gasteiger partial charge on any atom is 0.337 e. The zero-order valence-corrected chi connectivity index (χ0v) is 12.5. The summed E-state index contributed by atoms with van der Waals surface area (Å²) in [6.07, 6.45) is 0.871. The Labute approximate surface area is 125 Å². The molecule has 2 rings (SSSR count). The van der Waals surface area contributed by atoms with Crippen LogP contribution in [0.4, 0.5) is 0 Å². The number of amides is 1. The van der Waals surface area contributed by atoms with Gasteiger partial charge >= 0.3 is 5.97 Å². The van der Waals surface area contributed by atoms with Crippen LogP contribution in [-0.2, 0) is 13.0 Å². The topological polar surface area (TPSA) is 92.2 Å². The Kier molecular flexibility index (Phi) is 4.64. The van der Waals surface area contributed by atoms with Gasteiger partial charge in [-0.05, 0) is 25.5 Å². The molecule has 2 N–H and O–H groups in total. The average molecular weight is 305 g/mol. The first kappa shape index (κ1) is 15.1. The minimum Gasteiger partial charge on any atom is -0.478 e. The van der Waals surface area contributed by atoms with Crippen molar-refractivity contribution >= 4 is 23.2 Å². The van der Waals surface area contributed by atoms with E-state index in [1.54, 1.807) is 18.3 Å². The molecule has 0 saturated carbocycles. The van der Waals surface area contributed by atoms with E-state index in [1.165, 1.54) is 12.1 Å². The van der Waals surface area contributed by atoms with Crippen LogP contribution in [0.15, 0.2) is 17.5 Å². The maximum absolute atomic E-state index is 12.0. The Hall–Kier alpha value is -2.28. The third-order valence-corrected chi connectivity index (χ3v) is 3.92. The molecule has 110 valence electrons. The first-order valence-corrected chi connectivity index (χ1v) is 7.31. The minimum absolute atomic E-state index is 0.0960. The summed E-state index contributed by atoms with van der Waals surface area (Å²) in [4.78, 5) is 31.3. The smallest absolute Gasteiger partial charge is 0.337 e. The van der Waals surface area contributed by atoms with E-state index in [1.807, 2.05) is 12.3 Å². The van der Waals surface area contributed by atoms with E-state index in [9.17, 15) is 9.59 Å². The molecule has 0 unspecified atom stereocenters.